The van der Waals surface area contributed by atoms with Gasteiger partial charge in [0.25, 0.3) is 0 Å². The molecule has 2 aromatic rings. The van der Waals surface area contributed by atoms with E-state index in [2.05, 4.69) is 25.7 Å². The van der Waals surface area contributed by atoms with E-state index in [-0.39, 0.29) is 11.9 Å². The van der Waals surface area contributed by atoms with Crippen molar-refractivity contribution in [3.05, 3.63) is 48.0 Å². The number of phenols is 2. The molecule has 4 aliphatic heterocycles. The first-order valence-corrected chi connectivity index (χ1v) is 8.22. The van der Waals surface area contributed by atoms with Crippen LogP contribution in [0.1, 0.15) is 11.7 Å². The molecule has 2 aromatic carbocycles. The van der Waals surface area contributed by atoms with Crippen LogP contribution < -0.4 is 0 Å². The van der Waals surface area contributed by atoms with Crippen LogP contribution in [-0.2, 0) is 0 Å². The minimum atomic E-state index is 0.120. The highest BCUT2D eigenvalue weighted by Gasteiger charge is 2.44. The van der Waals surface area contributed by atoms with Crippen molar-refractivity contribution >= 4 is 0 Å². The van der Waals surface area contributed by atoms with E-state index in [1.807, 2.05) is 18.2 Å². The van der Waals surface area contributed by atoms with Gasteiger partial charge in [-0.15, -0.1) is 0 Å². The molecule has 0 aromatic heterocycles. The Morgan fingerprint density at radius 1 is 0.708 bits per heavy atom. The number of rotatable bonds is 2. The smallest absolute Gasteiger partial charge is 0.121 e. The lowest BCUT2D eigenvalue weighted by molar-refractivity contribution is -0.233. The molecule has 0 radical (unpaired) electrons. The Morgan fingerprint density at radius 2 is 1.29 bits per heavy atom. The molecule has 24 heavy (non-hydrogen) atoms. The van der Waals surface area contributed by atoms with Crippen molar-refractivity contribution in [3.63, 3.8) is 0 Å². The number of hydrogen-bond donors (Lipinski definition) is 2. The van der Waals surface area contributed by atoms with E-state index >= 15 is 0 Å². The molecule has 0 unspecified atom stereocenters. The number of hydrogen-bond acceptors (Lipinski definition) is 6. The average Bonchev–Trinajstić information content (AvgIpc) is 2.56. The van der Waals surface area contributed by atoms with Crippen LogP contribution in [0.2, 0.25) is 0 Å². The number of phenolic OH excluding ortho intramolecular Hbond substituents is 2. The summed E-state index contributed by atoms with van der Waals surface area (Å²) in [6.07, 6.45) is 0.120. The lowest BCUT2D eigenvalue weighted by atomic mass is 9.99. The summed E-state index contributed by atoms with van der Waals surface area (Å²) >= 11 is 0. The van der Waals surface area contributed by atoms with Crippen LogP contribution in [0.3, 0.4) is 0 Å². The van der Waals surface area contributed by atoms with Crippen molar-refractivity contribution in [3.8, 4) is 22.6 Å². The zero-order valence-electron chi connectivity index (χ0n) is 13.3. The van der Waals surface area contributed by atoms with Crippen LogP contribution in [0, 0.1) is 0 Å². The molecule has 2 N–H and O–H groups in total. The fraction of sp³-hybridized carbons (Fsp3) is 0.333. The lowest BCUT2D eigenvalue weighted by Gasteiger charge is -2.60. The summed E-state index contributed by atoms with van der Waals surface area (Å²) in [5.41, 5.74) is 3.05. The highest BCUT2D eigenvalue weighted by molar-refractivity contribution is 5.66. The number of aromatic hydroxyl groups is 2. The molecule has 0 saturated carbocycles. The molecule has 0 amide bonds. The van der Waals surface area contributed by atoms with Gasteiger partial charge in [-0.3, -0.25) is 19.6 Å². The molecule has 6 nitrogen and oxygen atoms in total. The second kappa shape index (κ2) is 5.19. The first-order chi connectivity index (χ1) is 11.7. The van der Waals surface area contributed by atoms with E-state index in [0.29, 0.717) is 5.75 Å². The minimum absolute atomic E-state index is 0.120. The van der Waals surface area contributed by atoms with Crippen LogP contribution in [-0.4, -0.2) is 63.2 Å². The fourth-order valence-corrected chi connectivity index (χ4v) is 4.20. The van der Waals surface area contributed by atoms with Crippen LogP contribution in [0.5, 0.6) is 11.5 Å². The maximum atomic E-state index is 10.5. The fourth-order valence-electron chi connectivity index (χ4n) is 4.20. The molecule has 4 aliphatic rings. The molecule has 0 aliphatic carbocycles. The summed E-state index contributed by atoms with van der Waals surface area (Å²) in [4.78, 5) is 9.60. The van der Waals surface area contributed by atoms with Crippen LogP contribution >= 0.6 is 0 Å². The van der Waals surface area contributed by atoms with Gasteiger partial charge in [-0.25, -0.2) is 0 Å². The predicted octanol–water partition coefficient (Wildman–Crippen LogP) is 1.80. The van der Waals surface area contributed by atoms with Crippen LogP contribution in [0.25, 0.3) is 11.1 Å². The van der Waals surface area contributed by atoms with Crippen LogP contribution in [0.4, 0.5) is 0 Å². The molecule has 6 rings (SSSR count). The summed E-state index contributed by atoms with van der Waals surface area (Å²) in [6.45, 7) is 4.82. The molecule has 4 fully saturated rings. The molecule has 4 bridgehead atoms. The van der Waals surface area contributed by atoms with E-state index in [1.54, 1.807) is 18.2 Å². The van der Waals surface area contributed by atoms with Crippen molar-refractivity contribution in [2.45, 2.75) is 6.17 Å². The minimum Gasteiger partial charge on any atom is -0.508 e. The molecular weight excluding hydrogens is 304 g/mol. The van der Waals surface area contributed by atoms with Gasteiger partial charge >= 0.3 is 0 Å². The first kappa shape index (κ1) is 14.2. The molecule has 6 heteroatoms. The summed E-state index contributed by atoms with van der Waals surface area (Å²) in [5.74, 6) is 0.610. The van der Waals surface area contributed by atoms with Crippen molar-refractivity contribution in [1.29, 1.82) is 0 Å². The Balaban J connectivity index is 1.54. The van der Waals surface area contributed by atoms with Gasteiger partial charge in [0.15, 0.2) is 0 Å². The Hall–Kier alpha value is -2.12. The molecule has 0 atom stereocenters. The van der Waals surface area contributed by atoms with Gasteiger partial charge in [-0.2, -0.15) is 0 Å². The van der Waals surface area contributed by atoms with E-state index in [0.717, 1.165) is 50.0 Å². The first-order valence-electron chi connectivity index (χ1n) is 8.22. The topological polar surface area (TPSA) is 53.4 Å². The standard InChI is InChI=1S/C18H20N4O2/c23-15-4-1-13(2-5-15)14-3-6-17(24)16(7-14)18-21-9-19-8-20(11-21)12-22(18)10-19/h1-7,18,23-24H,8-12H2. The van der Waals surface area contributed by atoms with Gasteiger partial charge in [0.05, 0.1) is 39.5 Å². The Morgan fingerprint density at radius 3 is 1.92 bits per heavy atom. The maximum absolute atomic E-state index is 10.5. The highest BCUT2D eigenvalue weighted by atomic mass is 16.3. The average molecular weight is 324 g/mol. The normalized spacial score (nSPS) is 33.8. The van der Waals surface area contributed by atoms with Crippen molar-refractivity contribution in [1.82, 2.24) is 19.6 Å². The lowest BCUT2D eigenvalue weighted by Crippen LogP contribution is -2.72. The predicted molar refractivity (Wildman–Crippen MR) is 89.6 cm³/mol. The van der Waals surface area contributed by atoms with Crippen molar-refractivity contribution in [2.24, 2.45) is 0 Å². The summed E-state index contributed by atoms with van der Waals surface area (Å²) in [6, 6.07) is 13.0. The second-order valence-electron chi connectivity index (χ2n) is 6.92. The number of benzene rings is 2. The summed E-state index contributed by atoms with van der Waals surface area (Å²) in [5, 5.41) is 20.0. The third-order valence-electron chi connectivity index (χ3n) is 5.12. The Labute approximate surface area is 140 Å². The third-order valence-corrected chi connectivity index (χ3v) is 5.12. The summed E-state index contributed by atoms with van der Waals surface area (Å²) in [7, 11) is 0. The molecule has 124 valence electrons. The van der Waals surface area contributed by atoms with E-state index < -0.39 is 0 Å². The van der Waals surface area contributed by atoms with Gasteiger partial charge in [0.2, 0.25) is 0 Å². The molecule has 0 spiro atoms. The zero-order valence-corrected chi connectivity index (χ0v) is 13.3. The van der Waals surface area contributed by atoms with Crippen molar-refractivity contribution < 1.29 is 10.2 Å². The summed E-state index contributed by atoms with van der Waals surface area (Å²) < 4.78 is 0. The quantitative estimate of drug-likeness (QED) is 0.879. The molecule has 4 saturated heterocycles. The van der Waals surface area contributed by atoms with E-state index in [4.69, 9.17) is 0 Å². The van der Waals surface area contributed by atoms with Crippen molar-refractivity contribution in [2.75, 3.05) is 33.3 Å². The SMILES string of the molecule is Oc1ccc(-c2ccc(O)c(C3N4CN5CN(C4)CN3C5)c2)cc1. The maximum Gasteiger partial charge on any atom is 0.121 e. The number of nitrogens with zero attached hydrogens (tertiary/aromatic N) is 4. The van der Waals surface area contributed by atoms with Crippen LogP contribution in [0.15, 0.2) is 42.5 Å². The monoisotopic (exact) mass is 324 g/mol. The third kappa shape index (κ3) is 2.19. The van der Waals surface area contributed by atoms with Gasteiger partial charge in [-0.1, -0.05) is 18.2 Å². The van der Waals surface area contributed by atoms with Gasteiger partial charge < -0.3 is 10.2 Å². The van der Waals surface area contributed by atoms with Gasteiger partial charge in [0.1, 0.15) is 11.5 Å². The second-order valence-corrected chi connectivity index (χ2v) is 6.92. The zero-order chi connectivity index (χ0) is 16.3. The highest BCUT2D eigenvalue weighted by Crippen LogP contribution is 2.40. The van der Waals surface area contributed by atoms with E-state index in [1.165, 1.54) is 0 Å². The van der Waals surface area contributed by atoms with Gasteiger partial charge in [0, 0.05) is 5.56 Å². The Kier molecular flexibility index (Phi) is 3.08. The molecule has 4 heterocycles. The molecular formula is C18H20N4O2. The Bertz CT molecular complexity index is 749. The van der Waals surface area contributed by atoms with E-state index in [9.17, 15) is 10.2 Å². The largest absolute Gasteiger partial charge is 0.508 e. The van der Waals surface area contributed by atoms with Gasteiger partial charge in [-0.05, 0) is 35.4 Å².